The van der Waals surface area contributed by atoms with E-state index in [-0.39, 0.29) is 5.91 Å². The molecular formula is C16H18ClNO3S2. The van der Waals surface area contributed by atoms with E-state index in [2.05, 4.69) is 0 Å². The number of nitrogens with zero attached hydrogens (tertiary/aromatic N) is 1. The van der Waals surface area contributed by atoms with Crippen LogP contribution in [0.1, 0.15) is 26.3 Å². The molecule has 0 aromatic heterocycles. The van der Waals surface area contributed by atoms with Crippen LogP contribution in [0.3, 0.4) is 0 Å². The number of carbonyl (C=O) groups excluding carboxylic acids is 1. The van der Waals surface area contributed by atoms with Crippen LogP contribution in [0.5, 0.6) is 11.5 Å². The van der Waals surface area contributed by atoms with Crippen molar-refractivity contribution >= 4 is 51.9 Å². The van der Waals surface area contributed by atoms with Crippen LogP contribution >= 0.6 is 35.6 Å². The molecule has 1 fully saturated rings. The van der Waals surface area contributed by atoms with Gasteiger partial charge in [-0.2, -0.15) is 0 Å². The number of hydrogen-bond donors (Lipinski definition) is 0. The summed E-state index contributed by atoms with van der Waals surface area (Å²) in [5.41, 5.74) is 0.704. The molecule has 1 aliphatic rings. The highest BCUT2D eigenvalue weighted by atomic mass is 35.5. The number of thioether (sulfide) groups is 1. The van der Waals surface area contributed by atoms with E-state index in [0.29, 0.717) is 51.1 Å². The lowest BCUT2D eigenvalue weighted by atomic mass is 10.1. The van der Waals surface area contributed by atoms with Gasteiger partial charge in [-0.05, 0) is 38.5 Å². The fourth-order valence-electron chi connectivity index (χ4n) is 2.11. The Kier molecular flexibility index (Phi) is 6.33. The summed E-state index contributed by atoms with van der Waals surface area (Å²) < 4.78 is 11.7. The first-order valence-corrected chi connectivity index (χ1v) is 8.96. The second-order valence-corrected chi connectivity index (χ2v) is 6.70. The zero-order valence-electron chi connectivity index (χ0n) is 13.2. The van der Waals surface area contributed by atoms with Crippen LogP contribution in [0.25, 0.3) is 6.08 Å². The lowest BCUT2D eigenvalue weighted by Gasteiger charge is -2.13. The van der Waals surface area contributed by atoms with Crippen molar-refractivity contribution in [2.75, 3.05) is 19.8 Å². The third-order valence-electron chi connectivity index (χ3n) is 3.14. The maximum atomic E-state index is 12.3. The lowest BCUT2D eigenvalue weighted by molar-refractivity contribution is -0.121. The lowest BCUT2D eigenvalue weighted by Crippen LogP contribution is -2.27. The molecule has 1 heterocycles. The molecule has 1 aromatic rings. The average molecular weight is 372 g/mol. The summed E-state index contributed by atoms with van der Waals surface area (Å²) >= 11 is 12.8. The van der Waals surface area contributed by atoms with Crippen molar-refractivity contribution in [2.45, 2.75) is 20.8 Å². The molecule has 1 saturated heterocycles. The van der Waals surface area contributed by atoms with Crippen LogP contribution in [-0.2, 0) is 4.79 Å². The van der Waals surface area contributed by atoms with Crippen LogP contribution in [-0.4, -0.2) is 34.9 Å². The molecule has 0 bridgehead atoms. The number of likely N-dealkylation sites (N-methyl/N-ethyl adjacent to an activating group) is 1. The van der Waals surface area contributed by atoms with Gasteiger partial charge in [0.1, 0.15) is 4.32 Å². The molecule has 1 amide bonds. The molecule has 0 atom stereocenters. The maximum absolute atomic E-state index is 12.3. The van der Waals surface area contributed by atoms with E-state index < -0.39 is 0 Å². The zero-order chi connectivity index (χ0) is 17.0. The Morgan fingerprint density at radius 1 is 1.22 bits per heavy atom. The van der Waals surface area contributed by atoms with Crippen LogP contribution in [0.15, 0.2) is 17.0 Å². The largest absolute Gasteiger partial charge is 0.490 e. The van der Waals surface area contributed by atoms with E-state index >= 15 is 0 Å². The van der Waals surface area contributed by atoms with Gasteiger partial charge in [-0.3, -0.25) is 9.69 Å². The molecule has 23 heavy (non-hydrogen) atoms. The molecule has 0 spiro atoms. The molecule has 7 heteroatoms. The summed E-state index contributed by atoms with van der Waals surface area (Å²) in [6, 6.07) is 3.50. The highest BCUT2D eigenvalue weighted by molar-refractivity contribution is 8.26. The first-order valence-electron chi connectivity index (χ1n) is 7.36. The quantitative estimate of drug-likeness (QED) is 0.548. The van der Waals surface area contributed by atoms with E-state index in [1.165, 1.54) is 11.8 Å². The Labute approximate surface area is 150 Å². The van der Waals surface area contributed by atoms with Crippen molar-refractivity contribution in [1.29, 1.82) is 0 Å². The summed E-state index contributed by atoms with van der Waals surface area (Å²) in [5.74, 6) is 1.11. The zero-order valence-corrected chi connectivity index (χ0v) is 15.6. The van der Waals surface area contributed by atoms with Gasteiger partial charge in [-0.1, -0.05) is 35.6 Å². The monoisotopic (exact) mass is 371 g/mol. The number of amides is 1. The third-order valence-corrected chi connectivity index (χ3v) is 4.84. The number of rotatable bonds is 6. The van der Waals surface area contributed by atoms with Crippen molar-refractivity contribution in [2.24, 2.45) is 0 Å². The topological polar surface area (TPSA) is 38.8 Å². The van der Waals surface area contributed by atoms with Crippen LogP contribution < -0.4 is 9.47 Å². The molecule has 1 aliphatic heterocycles. The minimum Gasteiger partial charge on any atom is -0.490 e. The van der Waals surface area contributed by atoms with Crippen molar-refractivity contribution < 1.29 is 14.3 Å². The van der Waals surface area contributed by atoms with Crippen LogP contribution in [0, 0.1) is 0 Å². The summed E-state index contributed by atoms with van der Waals surface area (Å²) in [4.78, 5) is 14.4. The maximum Gasteiger partial charge on any atom is 0.266 e. The Morgan fingerprint density at radius 3 is 2.35 bits per heavy atom. The summed E-state index contributed by atoms with van der Waals surface area (Å²) in [6.07, 6.45) is 1.75. The molecule has 124 valence electrons. The van der Waals surface area contributed by atoms with E-state index in [1.54, 1.807) is 23.1 Å². The number of carbonyl (C=O) groups is 1. The fourth-order valence-corrected chi connectivity index (χ4v) is 3.70. The first kappa shape index (κ1) is 18.1. The molecule has 2 rings (SSSR count). The van der Waals surface area contributed by atoms with Gasteiger partial charge in [0.2, 0.25) is 0 Å². The molecular weight excluding hydrogens is 354 g/mol. The minimum atomic E-state index is -0.0922. The predicted molar refractivity (Wildman–Crippen MR) is 99.3 cm³/mol. The Hall–Kier alpha value is -1.24. The van der Waals surface area contributed by atoms with E-state index in [0.717, 1.165) is 0 Å². The van der Waals surface area contributed by atoms with Gasteiger partial charge < -0.3 is 9.47 Å². The van der Waals surface area contributed by atoms with Crippen molar-refractivity contribution in [3.8, 4) is 11.5 Å². The normalized spacial score (nSPS) is 16.3. The Balaban J connectivity index is 2.40. The second-order valence-electron chi connectivity index (χ2n) is 4.61. The van der Waals surface area contributed by atoms with Gasteiger partial charge in [-0.15, -0.1) is 0 Å². The predicted octanol–water partition coefficient (Wildman–Crippen LogP) is 4.36. The minimum absolute atomic E-state index is 0.0922. The molecule has 4 nitrogen and oxygen atoms in total. The summed E-state index contributed by atoms with van der Waals surface area (Å²) in [5, 5.41) is 0.499. The van der Waals surface area contributed by atoms with Crippen molar-refractivity contribution in [1.82, 2.24) is 4.90 Å². The van der Waals surface area contributed by atoms with Gasteiger partial charge in [0.25, 0.3) is 5.91 Å². The number of thiocarbonyl (C=S) groups is 1. The summed E-state index contributed by atoms with van der Waals surface area (Å²) in [7, 11) is 0. The number of benzene rings is 1. The fraction of sp³-hybridized carbons (Fsp3) is 0.375. The molecule has 1 aromatic carbocycles. The first-order chi connectivity index (χ1) is 11.0. The molecule has 0 aliphatic carbocycles. The highest BCUT2D eigenvalue weighted by Crippen LogP contribution is 2.38. The Bertz CT molecular complexity index is 661. The van der Waals surface area contributed by atoms with Gasteiger partial charge in [0.05, 0.1) is 23.1 Å². The second kappa shape index (κ2) is 8.04. The Morgan fingerprint density at radius 2 is 1.83 bits per heavy atom. The third kappa shape index (κ3) is 4.00. The highest BCUT2D eigenvalue weighted by Gasteiger charge is 2.30. The smallest absolute Gasteiger partial charge is 0.266 e. The summed E-state index contributed by atoms with van der Waals surface area (Å²) in [6.45, 7) is 7.28. The van der Waals surface area contributed by atoms with Gasteiger partial charge in [0, 0.05) is 12.6 Å². The molecule has 0 unspecified atom stereocenters. The number of halogens is 1. The average Bonchev–Trinajstić information content (AvgIpc) is 2.78. The SMILES string of the molecule is CCOc1cc(Cl)c(C=C2SC(=S)N(CC)C2=O)cc1OCC. The van der Waals surface area contributed by atoms with Gasteiger partial charge >= 0.3 is 0 Å². The number of hydrogen-bond acceptors (Lipinski definition) is 5. The molecule has 0 N–H and O–H groups in total. The van der Waals surface area contributed by atoms with Gasteiger partial charge in [-0.25, -0.2) is 0 Å². The van der Waals surface area contributed by atoms with E-state index in [1.807, 2.05) is 20.8 Å². The standard InChI is InChI=1S/C16H18ClNO3S2/c1-4-18-15(19)14(23-16(18)22)8-10-7-12(20-5-2)13(21-6-3)9-11(10)17/h7-9H,4-6H2,1-3H3. The van der Waals surface area contributed by atoms with Crippen LogP contribution in [0.2, 0.25) is 5.02 Å². The number of ether oxygens (including phenoxy) is 2. The molecule has 0 saturated carbocycles. The van der Waals surface area contributed by atoms with E-state index in [9.17, 15) is 4.79 Å². The van der Waals surface area contributed by atoms with Gasteiger partial charge in [0.15, 0.2) is 11.5 Å². The van der Waals surface area contributed by atoms with E-state index in [4.69, 9.17) is 33.3 Å². The van der Waals surface area contributed by atoms with Crippen molar-refractivity contribution in [3.63, 3.8) is 0 Å². The van der Waals surface area contributed by atoms with Crippen molar-refractivity contribution in [3.05, 3.63) is 27.6 Å². The van der Waals surface area contributed by atoms with Crippen LogP contribution in [0.4, 0.5) is 0 Å². The molecule has 0 radical (unpaired) electrons.